The second-order valence-corrected chi connectivity index (χ2v) is 8.46. The lowest BCUT2D eigenvalue weighted by molar-refractivity contribution is -0.119. The fourth-order valence-electron chi connectivity index (χ4n) is 2.87. The van der Waals surface area contributed by atoms with Gasteiger partial charge in [0, 0.05) is 6.07 Å². The molecule has 0 bridgehead atoms. The van der Waals surface area contributed by atoms with Gasteiger partial charge in [0.1, 0.15) is 18.0 Å². The summed E-state index contributed by atoms with van der Waals surface area (Å²) in [5.74, 6) is 0.511. The second-order valence-electron chi connectivity index (χ2n) is 6.60. The van der Waals surface area contributed by atoms with Crippen LogP contribution in [0.3, 0.4) is 0 Å². The van der Waals surface area contributed by atoms with Crippen molar-refractivity contribution in [2.24, 2.45) is 5.10 Å². The highest BCUT2D eigenvalue weighted by atomic mass is 32.2. The van der Waals surface area contributed by atoms with Crippen LogP contribution in [0.5, 0.6) is 11.5 Å². The van der Waals surface area contributed by atoms with E-state index in [0.717, 1.165) is 4.31 Å². The molecule has 0 unspecified atom stereocenters. The number of hydrazone groups is 1. The smallest absolute Gasteiger partial charge is 0.264 e. The van der Waals surface area contributed by atoms with Crippen LogP contribution in [0.25, 0.3) is 0 Å². The Kier molecular flexibility index (Phi) is 7.45. The molecule has 1 amide bonds. The molecule has 32 heavy (non-hydrogen) atoms. The van der Waals surface area contributed by atoms with Crippen LogP contribution in [0.1, 0.15) is 5.56 Å². The Morgan fingerprint density at radius 1 is 0.938 bits per heavy atom. The standard InChI is InChI=1S/C23H23N3O5S/c1-30-20-10-6-8-18(14-20)16-24-25-23(27)17-26(19-9-7-11-21(15-19)31-2)32(28,29)22-12-4-3-5-13-22/h3-16H,17H2,1-2H3,(H,25,27)/b24-16-. The van der Waals surface area contributed by atoms with E-state index in [9.17, 15) is 13.2 Å². The topological polar surface area (TPSA) is 97.3 Å². The van der Waals surface area contributed by atoms with E-state index in [2.05, 4.69) is 10.5 Å². The number of nitrogens with zero attached hydrogens (tertiary/aromatic N) is 2. The lowest BCUT2D eigenvalue weighted by Crippen LogP contribution is -2.39. The van der Waals surface area contributed by atoms with Gasteiger partial charge in [-0.3, -0.25) is 9.10 Å². The molecule has 0 fully saturated rings. The molecule has 0 radical (unpaired) electrons. The monoisotopic (exact) mass is 453 g/mol. The molecule has 0 spiro atoms. The van der Waals surface area contributed by atoms with E-state index in [4.69, 9.17) is 9.47 Å². The summed E-state index contributed by atoms with van der Waals surface area (Å²) in [6.45, 7) is -0.472. The molecule has 1 N–H and O–H groups in total. The number of methoxy groups -OCH3 is 2. The Labute approximate surface area is 187 Å². The first-order valence-electron chi connectivity index (χ1n) is 9.62. The Bertz CT molecular complexity index is 1200. The predicted octanol–water partition coefficient (Wildman–Crippen LogP) is 3.05. The molecule has 0 aromatic heterocycles. The van der Waals surface area contributed by atoms with Gasteiger partial charge in [0.2, 0.25) is 0 Å². The average Bonchev–Trinajstić information content (AvgIpc) is 2.83. The third-order valence-corrected chi connectivity index (χ3v) is 6.24. The van der Waals surface area contributed by atoms with Crippen molar-refractivity contribution in [3.63, 3.8) is 0 Å². The number of rotatable bonds is 9. The first kappa shape index (κ1) is 22.8. The van der Waals surface area contributed by atoms with E-state index in [1.54, 1.807) is 73.8 Å². The van der Waals surface area contributed by atoms with Gasteiger partial charge >= 0.3 is 0 Å². The number of ether oxygens (including phenoxy) is 2. The summed E-state index contributed by atoms with van der Waals surface area (Å²) in [7, 11) is -0.977. The van der Waals surface area contributed by atoms with E-state index in [-0.39, 0.29) is 4.90 Å². The number of anilines is 1. The summed E-state index contributed by atoms with van der Waals surface area (Å²) < 4.78 is 37.9. The molecule has 166 valence electrons. The quantitative estimate of drug-likeness (QED) is 0.397. The van der Waals surface area contributed by atoms with Crippen LogP contribution in [0.4, 0.5) is 5.69 Å². The number of nitrogens with one attached hydrogen (secondary N) is 1. The molecule has 3 aromatic rings. The van der Waals surface area contributed by atoms with Gasteiger partial charge in [0.25, 0.3) is 15.9 Å². The second kappa shape index (κ2) is 10.5. The highest BCUT2D eigenvalue weighted by Crippen LogP contribution is 2.26. The fourth-order valence-corrected chi connectivity index (χ4v) is 4.30. The van der Waals surface area contributed by atoms with Crippen LogP contribution >= 0.6 is 0 Å². The van der Waals surface area contributed by atoms with Crippen molar-refractivity contribution in [2.45, 2.75) is 4.90 Å². The molecule has 0 aliphatic heterocycles. The van der Waals surface area contributed by atoms with Crippen LogP contribution in [0.15, 0.2) is 88.9 Å². The summed E-state index contributed by atoms with van der Waals surface area (Å²) in [5.41, 5.74) is 3.38. The van der Waals surface area contributed by atoms with Crippen molar-refractivity contribution < 1.29 is 22.7 Å². The van der Waals surface area contributed by atoms with Crippen LogP contribution < -0.4 is 19.2 Å². The molecule has 0 saturated carbocycles. The maximum atomic E-state index is 13.3. The number of amides is 1. The average molecular weight is 454 g/mol. The van der Waals surface area contributed by atoms with Crippen LogP contribution in [0, 0.1) is 0 Å². The third kappa shape index (κ3) is 5.64. The maximum Gasteiger partial charge on any atom is 0.264 e. The number of carbonyl (C=O) groups excluding carboxylic acids is 1. The lowest BCUT2D eigenvalue weighted by atomic mass is 10.2. The molecule has 0 heterocycles. The van der Waals surface area contributed by atoms with E-state index in [1.807, 2.05) is 0 Å². The van der Waals surface area contributed by atoms with E-state index < -0.39 is 22.5 Å². The van der Waals surface area contributed by atoms with Crippen LogP contribution in [-0.4, -0.2) is 41.3 Å². The van der Waals surface area contributed by atoms with Gasteiger partial charge in [-0.2, -0.15) is 5.10 Å². The molecule has 0 aliphatic carbocycles. The number of carbonyl (C=O) groups is 1. The summed E-state index contributed by atoms with van der Waals surface area (Å²) in [5, 5.41) is 3.93. The number of hydrogen-bond acceptors (Lipinski definition) is 6. The van der Waals surface area contributed by atoms with Gasteiger partial charge < -0.3 is 9.47 Å². The summed E-state index contributed by atoms with van der Waals surface area (Å²) in [6, 6.07) is 21.5. The minimum absolute atomic E-state index is 0.0653. The first-order valence-corrected chi connectivity index (χ1v) is 11.1. The fraction of sp³-hybridized carbons (Fsp3) is 0.130. The third-order valence-electron chi connectivity index (χ3n) is 4.46. The van der Waals surface area contributed by atoms with Gasteiger partial charge in [-0.15, -0.1) is 0 Å². The zero-order valence-electron chi connectivity index (χ0n) is 17.6. The van der Waals surface area contributed by atoms with Crippen LogP contribution in [0.2, 0.25) is 0 Å². The van der Waals surface area contributed by atoms with Crippen molar-refractivity contribution in [3.8, 4) is 11.5 Å². The summed E-state index contributed by atoms with van der Waals surface area (Å²) >= 11 is 0. The normalized spacial score (nSPS) is 11.2. The predicted molar refractivity (Wildman–Crippen MR) is 123 cm³/mol. The van der Waals surface area contributed by atoms with Gasteiger partial charge in [0.15, 0.2) is 0 Å². The van der Waals surface area contributed by atoms with Crippen molar-refractivity contribution >= 4 is 27.8 Å². The lowest BCUT2D eigenvalue weighted by Gasteiger charge is -2.24. The van der Waals surface area contributed by atoms with Gasteiger partial charge in [-0.25, -0.2) is 13.8 Å². The van der Waals surface area contributed by atoms with E-state index in [1.165, 1.54) is 25.5 Å². The molecule has 9 heteroatoms. The van der Waals surface area contributed by atoms with Crippen LogP contribution in [-0.2, 0) is 14.8 Å². The minimum Gasteiger partial charge on any atom is -0.497 e. The van der Waals surface area contributed by atoms with Gasteiger partial charge in [0.05, 0.1) is 31.0 Å². The Morgan fingerprint density at radius 3 is 2.28 bits per heavy atom. The maximum absolute atomic E-state index is 13.3. The first-order chi connectivity index (χ1) is 15.4. The molecule has 0 atom stereocenters. The summed E-state index contributed by atoms with van der Waals surface area (Å²) in [4.78, 5) is 12.7. The molecule has 3 aromatic carbocycles. The molecule has 3 rings (SSSR count). The van der Waals surface area contributed by atoms with Gasteiger partial charge in [-0.05, 0) is 42.0 Å². The van der Waals surface area contributed by atoms with Crippen molar-refractivity contribution in [2.75, 3.05) is 25.1 Å². The van der Waals surface area contributed by atoms with Gasteiger partial charge in [-0.1, -0.05) is 36.4 Å². The highest BCUT2D eigenvalue weighted by molar-refractivity contribution is 7.92. The number of benzene rings is 3. The Morgan fingerprint density at radius 2 is 1.59 bits per heavy atom. The van der Waals surface area contributed by atoms with Crippen molar-refractivity contribution in [3.05, 3.63) is 84.4 Å². The molecule has 0 saturated heterocycles. The zero-order chi connectivity index (χ0) is 23.0. The molecule has 8 nitrogen and oxygen atoms in total. The number of hydrogen-bond donors (Lipinski definition) is 1. The zero-order valence-corrected chi connectivity index (χ0v) is 18.5. The van der Waals surface area contributed by atoms with E-state index >= 15 is 0 Å². The highest BCUT2D eigenvalue weighted by Gasteiger charge is 2.27. The van der Waals surface area contributed by atoms with Crippen molar-refractivity contribution in [1.29, 1.82) is 0 Å². The van der Waals surface area contributed by atoms with Crippen molar-refractivity contribution in [1.82, 2.24) is 5.43 Å². The Hall–Kier alpha value is -3.85. The Balaban J connectivity index is 1.83. The molecular weight excluding hydrogens is 430 g/mol. The molecular formula is C23H23N3O5S. The summed E-state index contributed by atoms with van der Waals surface area (Å²) in [6.07, 6.45) is 1.45. The van der Waals surface area contributed by atoms with E-state index in [0.29, 0.717) is 22.7 Å². The largest absolute Gasteiger partial charge is 0.497 e. The SMILES string of the molecule is COc1cccc(/C=N\NC(=O)CN(c2cccc(OC)c2)S(=O)(=O)c2ccccc2)c1. The molecule has 0 aliphatic rings. The minimum atomic E-state index is -4.01. The number of sulfonamides is 1.